The Morgan fingerprint density at radius 1 is 1.14 bits per heavy atom. The number of amides is 1. The number of hydrogen-bond donors (Lipinski definition) is 2. The molecule has 1 aliphatic carbocycles. The molecule has 29 heavy (non-hydrogen) atoms. The minimum absolute atomic E-state index is 0.138. The van der Waals surface area contributed by atoms with Gasteiger partial charge in [0.15, 0.2) is 0 Å². The predicted molar refractivity (Wildman–Crippen MR) is 112 cm³/mol. The van der Waals surface area contributed by atoms with Gasteiger partial charge in [0.05, 0.1) is 10.5 Å². The lowest BCUT2D eigenvalue weighted by Gasteiger charge is -2.34. The van der Waals surface area contributed by atoms with E-state index < -0.39 is 21.7 Å². The van der Waals surface area contributed by atoms with Gasteiger partial charge < -0.3 is 5.32 Å². The summed E-state index contributed by atoms with van der Waals surface area (Å²) in [5.41, 5.74) is 0.0382. The molecule has 0 saturated heterocycles. The van der Waals surface area contributed by atoms with Gasteiger partial charge in [-0.25, -0.2) is 17.5 Å². The van der Waals surface area contributed by atoms with Crippen LogP contribution in [0.4, 0.5) is 10.1 Å². The first-order valence-corrected chi connectivity index (χ1v) is 11.4. The molecule has 0 spiro atoms. The molecule has 0 bridgehead atoms. The van der Waals surface area contributed by atoms with E-state index in [1.807, 2.05) is 6.92 Å². The summed E-state index contributed by atoms with van der Waals surface area (Å²) in [5, 5.41) is 2.95. The second-order valence-electron chi connectivity index (χ2n) is 7.60. The third-order valence-electron chi connectivity index (χ3n) is 5.59. The molecule has 3 atom stereocenters. The zero-order valence-electron chi connectivity index (χ0n) is 16.3. The number of benzene rings is 2. The molecule has 0 aliphatic heterocycles. The maximum absolute atomic E-state index is 14.3. The van der Waals surface area contributed by atoms with E-state index >= 15 is 0 Å². The highest BCUT2D eigenvalue weighted by Gasteiger charge is 2.31. The van der Waals surface area contributed by atoms with Gasteiger partial charge in [-0.15, -0.1) is 0 Å². The summed E-state index contributed by atoms with van der Waals surface area (Å²) in [4.78, 5) is 12.4. The van der Waals surface area contributed by atoms with Gasteiger partial charge in [0.25, 0.3) is 5.91 Å². The van der Waals surface area contributed by atoms with Crippen molar-refractivity contribution in [2.45, 2.75) is 44.0 Å². The highest BCUT2D eigenvalue weighted by molar-refractivity contribution is 7.89. The lowest BCUT2D eigenvalue weighted by molar-refractivity contribution is 0.102. The van der Waals surface area contributed by atoms with E-state index in [-0.39, 0.29) is 22.4 Å². The molecule has 156 valence electrons. The second-order valence-corrected chi connectivity index (χ2v) is 9.75. The Balaban J connectivity index is 1.83. The van der Waals surface area contributed by atoms with Crippen LogP contribution < -0.4 is 10.0 Å². The highest BCUT2D eigenvalue weighted by atomic mass is 35.5. The highest BCUT2D eigenvalue weighted by Crippen LogP contribution is 2.30. The van der Waals surface area contributed by atoms with E-state index in [4.69, 9.17) is 11.6 Å². The fourth-order valence-corrected chi connectivity index (χ4v) is 5.20. The molecular weight excluding hydrogens is 415 g/mol. The Morgan fingerprint density at radius 2 is 1.90 bits per heavy atom. The summed E-state index contributed by atoms with van der Waals surface area (Å²) in [6.45, 7) is 4.15. The Labute approximate surface area is 175 Å². The first-order chi connectivity index (χ1) is 13.7. The Hall–Kier alpha value is -1.96. The molecule has 5 nitrogen and oxygen atoms in total. The topological polar surface area (TPSA) is 75.3 Å². The normalized spacial score (nSPS) is 22.3. The molecule has 1 amide bonds. The summed E-state index contributed by atoms with van der Waals surface area (Å²) >= 11 is 5.89. The van der Waals surface area contributed by atoms with Crippen LogP contribution in [0.5, 0.6) is 0 Å². The fraction of sp³-hybridized carbons (Fsp3) is 0.381. The van der Waals surface area contributed by atoms with Crippen LogP contribution in [0.3, 0.4) is 0 Å². The molecule has 1 fully saturated rings. The van der Waals surface area contributed by atoms with Crippen molar-refractivity contribution in [2.24, 2.45) is 11.8 Å². The van der Waals surface area contributed by atoms with Crippen molar-refractivity contribution in [3.63, 3.8) is 0 Å². The van der Waals surface area contributed by atoms with Crippen molar-refractivity contribution < 1.29 is 17.6 Å². The average molecular weight is 439 g/mol. The van der Waals surface area contributed by atoms with Crippen molar-refractivity contribution in [3.05, 3.63) is 58.9 Å². The summed E-state index contributed by atoms with van der Waals surface area (Å²) in [6.07, 6.45) is 2.78. The fourth-order valence-electron chi connectivity index (χ4n) is 3.63. The molecule has 0 radical (unpaired) electrons. The van der Waals surface area contributed by atoms with Crippen LogP contribution in [-0.4, -0.2) is 20.4 Å². The monoisotopic (exact) mass is 438 g/mol. The van der Waals surface area contributed by atoms with E-state index in [2.05, 4.69) is 17.0 Å². The first kappa shape index (κ1) is 21.7. The number of hydrogen-bond acceptors (Lipinski definition) is 3. The van der Waals surface area contributed by atoms with E-state index in [0.29, 0.717) is 16.6 Å². The van der Waals surface area contributed by atoms with Crippen molar-refractivity contribution in [1.29, 1.82) is 0 Å². The van der Waals surface area contributed by atoms with Gasteiger partial charge in [-0.3, -0.25) is 4.79 Å². The predicted octanol–water partition coefficient (Wildman–Crippen LogP) is 4.83. The molecule has 1 aliphatic rings. The number of carbonyl (C=O) groups excluding carboxylic acids is 1. The SMILES string of the molecule is CC1CCCC(NS(=O)(=O)c2ccc(F)c(C(=O)Nc3cccc(Cl)c3)c2)C1C. The summed E-state index contributed by atoms with van der Waals surface area (Å²) in [5.74, 6) is -0.933. The molecule has 2 aromatic rings. The lowest BCUT2D eigenvalue weighted by Crippen LogP contribution is -2.43. The Morgan fingerprint density at radius 3 is 2.62 bits per heavy atom. The van der Waals surface area contributed by atoms with Crippen molar-refractivity contribution >= 4 is 33.2 Å². The number of halogens is 2. The smallest absolute Gasteiger partial charge is 0.258 e. The van der Waals surface area contributed by atoms with Crippen LogP contribution in [0.1, 0.15) is 43.5 Å². The minimum atomic E-state index is -3.89. The van der Waals surface area contributed by atoms with E-state index in [0.717, 1.165) is 31.4 Å². The van der Waals surface area contributed by atoms with Crippen LogP contribution in [0.15, 0.2) is 47.4 Å². The lowest BCUT2D eigenvalue weighted by atomic mass is 9.78. The Bertz CT molecular complexity index is 1010. The number of sulfonamides is 1. The summed E-state index contributed by atoms with van der Waals surface area (Å²) < 4.78 is 42.7. The Kier molecular flexibility index (Phi) is 6.61. The van der Waals surface area contributed by atoms with Gasteiger partial charge >= 0.3 is 0 Å². The quantitative estimate of drug-likeness (QED) is 0.701. The third-order valence-corrected chi connectivity index (χ3v) is 7.31. The van der Waals surface area contributed by atoms with Gasteiger partial charge in [-0.05, 0) is 54.7 Å². The van der Waals surface area contributed by atoms with Gasteiger partial charge in [-0.2, -0.15) is 0 Å². The minimum Gasteiger partial charge on any atom is -0.322 e. The second kappa shape index (κ2) is 8.81. The van der Waals surface area contributed by atoms with Crippen molar-refractivity contribution in [3.8, 4) is 0 Å². The number of rotatable bonds is 5. The maximum atomic E-state index is 14.3. The van der Waals surface area contributed by atoms with Crippen molar-refractivity contribution in [1.82, 2.24) is 4.72 Å². The van der Waals surface area contributed by atoms with Crippen LogP contribution in [0.25, 0.3) is 0 Å². The number of nitrogens with one attached hydrogen (secondary N) is 2. The van der Waals surface area contributed by atoms with Crippen LogP contribution in [0, 0.1) is 17.7 Å². The number of carbonyl (C=O) groups is 1. The molecule has 3 rings (SSSR count). The molecule has 0 aromatic heterocycles. The van der Waals surface area contributed by atoms with Gasteiger partial charge in [0.2, 0.25) is 10.0 Å². The van der Waals surface area contributed by atoms with Crippen LogP contribution >= 0.6 is 11.6 Å². The molecule has 2 N–H and O–H groups in total. The van der Waals surface area contributed by atoms with Gasteiger partial charge in [0.1, 0.15) is 5.82 Å². The molecule has 3 unspecified atom stereocenters. The van der Waals surface area contributed by atoms with E-state index in [9.17, 15) is 17.6 Å². The van der Waals surface area contributed by atoms with Crippen molar-refractivity contribution in [2.75, 3.05) is 5.32 Å². The van der Waals surface area contributed by atoms with E-state index in [1.165, 1.54) is 12.1 Å². The maximum Gasteiger partial charge on any atom is 0.258 e. The molecule has 0 heterocycles. The van der Waals surface area contributed by atoms with Gasteiger partial charge in [-0.1, -0.05) is 44.4 Å². The molecule has 1 saturated carbocycles. The standard InChI is InChI=1S/C21H24ClFN2O3S/c1-13-5-3-8-20(14(13)2)25-29(27,28)17-9-10-19(23)18(12-17)21(26)24-16-7-4-6-15(22)11-16/h4,6-7,9-14,20,25H,3,5,8H2,1-2H3,(H,24,26). The van der Waals surface area contributed by atoms with Crippen LogP contribution in [0.2, 0.25) is 5.02 Å². The third kappa shape index (κ3) is 5.15. The molecule has 2 aromatic carbocycles. The average Bonchev–Trinajstić information content (AvgIpc) is 2.65. The number of anilines is 1. The summed E-state index contributed by atoms with van der Waals surface area (Å²) in [6, 6.07) is 9.46. The zero-order chi connectivity index (χ0) is 21.2. The van der Waals surface area contributed by atoms with E-state index in [1.54, 1.807) is 18.2 Å². The van der Waals surface area contributed by atoms with Crippen LogP contribution in [-0.2, 0) is 10.0 Å². The summed E-state index contributed by atoms with van der Waals surface area (Å²) in [7, 11) is -3.89. The largest absolute Gasteiger partial charge is 0.322 e. The molecular formula is C21H24ClFN2O3S. The molecule has 8 heteroatoms. The van der Waals surface area contributed by atoms with Gasteiger partial charge in [0, 0.05) is 16.8 Å². The first-order valence-electron chi connectivity index (χ1n) is 9.56. The zero-order valence-corrected chi connectivity index (χ0v) is 17.9.